The van der Waals surface area contributed by atoms with Gasteiger partial charge in [-0.2, -0.15) is 8.75 Å². The van der Waals surface area contributed by atoms with Crippen molar-refractivity contribution in [3.8, 4) is 0 Å². The van der Waals surface area contributed by atoms with Gasteiger partial charge in [0.2, 0.25) is 0 Å². The summed E-state index contributed by atoms with van der Waals surface area (Å²) in [6.45, 7) is 2.03. The van der Waals surface area contributed by atoms with E-state index in [1.165, 1.54) is 0 Å². The molecule has 3 nitrogen and oxygen atoms in total. The van der Waals surface area contributed by atoms with E-state index in [1.54, 1.807) is 0 Å². The minimum Gasteiger partial charge on any atom is -0.298 e. The first-order valence-corrected chi connectivity index (χ1v) is 5.35. The highest BCUT2D eigenvalue weighted by atomic mass is 79.9. The topological polar surface area (TPSA) is 42.9 Å². The molecule has 1 atom stereocenters. The van der Waals surface area contributed by atoms with Crippen LogP contribution in [0.25, 0.3) is 5.57 Å². The molecule has 0 aromatic carbocycles. The molecule has 2 rings (SSSR count). The Morgan fingerprint density at radius 2 is 2.46 bits per heavy atom. The number of allylic oxidation sites excluding steroid dienone is 2. The maximum Gasteiger partial charge on any atom is 0.152 e. The summed E-state index contributed by atoms with van der Waals surface area (Å²) in [5.74, 6) is 0. The van der Waals surface area contributed by atoms with Gasteiger partial charge in [-0.1, -0.05) is 22.0 Å². The number of hydrogen-bond acceptors (Lipinski definition) is 4. The Hall–Kier alpha value is -0.550. The quantitative estimate of drug-likeness (QED) is 0.573. The standard InChI is InChI=1S/C8H7BrN2OS/c1-8(9)3-2-5(4-12)6-7(8)11-13-10-6/h2,4H,3H2,1H3. The largest absolute Gasteiger partial charge is 0.298 e. The number of aromatic nitrogens is 2. The van der Waals surface area contributed by atoms with E-state index in [1.807, 2.05) is 13.0 Å². The van der Waals surface area contributed by atoms with Gasteiger partial charge in [0.15, 0.2) is 6.29 Å². The van der Waals surface area contributed by atoms with Gasteiger partial charge in [-0.3, -0.25) is 4.79 Å². The van der Waals surface area contributed by atoms with Crippen LogP contribution in [0.15, 0.2) is 6.08 Å². The van der Waals surface area contributed by atoms with Crippen molar-refractivity contribution < 1.29 is 4.79 Å². The third-order valence-corrected chi connectivity index (χ3v) is 3.32. The molecule has 13 heavy (non-hydrogen) atoms. The summed E-state index contributed by atoms with van der Waals surface area (Å²) in [6.07, 6.45) is 3.51. The molecule has 0 saturated carbocycles. The summed E-state index contributed by atoms with van der Waals surface area (Å²) >= 11 is 4.72. The molecular weight excluding hydrogens is 252 g/mol. The number of hydrogen-bond donors (Lipinski definition) is 0. The first kappa shape index (κ1) is 9.02. The highest BCUT2D eigenvalue weighted by Crippen LogP contribution is 2.41. The van der Waals surface area contributed by atoms with Crippen LogP contribution in [-0.2, 0) is 9.12 Å². The molecule has 0 amide bonds. The Balaban J connectivity index is 2.59. The Bertz CT molecular complexity index is 383. The first-order valence-electron chi connectivity index (χ1n) is 3.83. The summed E-state index contributed by atoms with van der Waals surface area (Å²) in [4.78, 5) is 10.7. The van der Waals surface area contributed by atoms with Crippen molar-refractivity contribution in [2.45, 2.75) is 17.7 Å². The Morgan fingerprint density at radius 1 is 1.69 bits per heavy atom. The number of carbonyl (C=O) groups excluding carboxylic acids is 1. The Kier molecular flexibility index (Phi) is 2.08. The molecule has 0 radical (unpaired) electrons. The number of nitrogens with zero attached hydrogens (tertiary/aromatic N) is 2. The van der Waals surface area contributed by atoms with Crippen LogP contribution in [0.1, 0.15) is 24.7 Å². The molecule has 1 aliphatic carbocycles. The maximum absolute atomic E-state index is 10.7. The van der Waals surface area contributed by atoms with Gasteiger partial charge in [0.1, 0.15) is 5.69 Å². The third-order valence-electron chi connectivity index (χ3n) is 2.09. The molecule has 0 bridgehead atoms. The second-order valence-corrected chi connectivity index (χ2v) is 5.42. The highest BCUT2D eigenvalue weighted by molar-refractivity contribution is 9.09. The van der Waals surface area contributed by atoms with E-state index < -0.39 is 0 Å². The molecular formula is C8H7BrN2OS. The van der Waals surface area contributed by atoms with Crippen molar-refractivity contribution in [1.29, 1.82) is 0 Å². The van der Waals surface area contributed by atoms with Crippen LogP contribution in [0.4, 0.5) is 0 Å². The van der Waals surface area contributed by atoms with Gasteiger partial charge < -0.3 is 0 Å². The number of aldehydes is 1. The van der Waals surface area contributed by atoms with Gasteiger partial charge in [-0.05, 0) is 13.3 Å². The van der Waals surface area contributed by atoms with Crippen LogP contribution in [0, 0.1) is 0 Å². The lowest BCUT2D eigenvalue weighted by atomic mass is 9.92. The van der Waals surface area contributed by atoms with Crippen molar-refractivity contribution in [3.05, 3.63) is 17.5 Å². The fraction of sp³-hybridized carbons (Fsp3) is 0.375. The smallest absolute Gasteiger partial charge is 0.152 e. The van der Waals surface area contributed by atoms with Gasteiger partial charge in [0, 0.05) is 5.57 Å². The minimum atomic E-state index is -0.165. The Morgan fingerprint density at radius 3 is 3.15 bits per heavy atom. The number of alkyl halides is 1. The fourth-order valence-electron chi connectivity index (χ4n) is 1.32. The molecule has 0 spiro atoms. The van der Waals surface area contributed by atoms with Crippen molar-refractivity contribution in [2.75, 3.05) is 0 Å². The van der Waals surface area contributed by atoms with Crippen LogP contribution in [-0.4, -0.2) is 15.0 Å². The maximum atomic E-state index is 10.7. The van der Waals surface area contributed by atoms with E-state index in [2.05, 4.69) is 24.7 Å². The van der Waals surface area contributed by atoms with Crippen molar-refractivity contribution in [2.24, 2.45) is 0 Å². The van der Waals surface area contributed by atoms with Gasteiger partial charge in [-0.25, -0.2) is 0 Å². The average Bonchev–Trinajstić information content (AvgIpc) is 2.54. The molecule has 0 saturated heterocycles. The number of fused-ring (bicyclic) bond motifs is 1. The molecule has 1 heterocycles. The highest BCUT2D eigenvalue weighted by Gasteiger charge is 2.33. The van der Waals surface area contributed by atoms with E-state index >= 15 is 0 Å². The molecule has 1 aromatic rings. The molecule has 0 fully saturated rings. The second kappa shape index (κ2) is 2.99. The van der Waals surface area contributed by atoms with E-state index in [0.29, 0.717) is 5.57 Å². The van der Waals surface area contributed by atoms with Crippen LogP contribution < -0.4 is 0 Å². The molecule has 1 aromatic heterocycles. The molecule has 5 heteroatoms. The fourth-order valence-corrected chi connectivity index (χ4v) is 2.56. The zero-order valence-corrected chi connectivity index (χ0v) is 9.35. The number of carbonyl (C=O) groups is 1. The van der Waals surface area contributed by atoms with Crippen LogP contribution >= 0.6 is 27.7 Å². The molecule has 0 N–H and O–H groups in total. The number of rotatable bonds is 1. The second-order valence-electron chi connectivity index (χ2n) is 3.14. The third kappa shape index (κ3) is 1.36. The predicted molar refractivity (Wildman–Crippen MR) is 54.8 cm³/mol. The minimum absolute atomic E-state index is 0.165. The average molecular weight is 259 g/mol. The monoisotopic (exact) mass is 258 g/mol. The summed E-state index contributed by atoms with van der Waals surface area (Å²) in [6, 6.07) is 0. The van der Waals surface area contributed by atoms with Crippen LogP contribution in [0.5, 0.6) is 0 Å². The van der Waals surface area contributed by atoms with Gasteiger partial charge in [0.05, 0.1) is 21.7 Å². The number of halogens is 1. The predicted octanol–water partition coefficient (Wildman–Crippen LogP) is 2.13. The zero-order valence-electron chi connectivity index (χ0n) is 6.95. The SMILES string of the molecule is CC1(Br)CC=C(C=O)c2nsnc21. The van der Waals surface area contributed by atoms with Gasteiger partial charge >= 0.3 is 0 Å². The Labute approximate surface area is 88.3 Å². The van der Waals surface area contributed by atoms with Crippen molar-refractivity contribution in [3.63, 3.8) is 0 Å². The molecule has 1 aliphatic rings. The lowest BCUT2D eigenvalue weighted by Gasteiger charge is -2.23. The van der Waals surface area contributed by atoms with Gasteiger partial charge in [-0.15, -0.1) is 0 Å². The lowest BCUT2D eigenvalue weighted by Crippen LogP contribution is -2.18. The van der Waals surface area contributed by atoms with Crippen molar-refractivity contribution in [1.82, 2.24) is 8.75 Å². The van der Waals surface area contributed by atoms with E-state index in [4.69, 9.17) is 0 Å². The normalized spacial score (nSPS) is 26.5. The molecule has 68 valence electrons. The lowest BCUT2D eigenvalue weighted by molar-refractivity contribution is -0.103. The summed E-state index contributed by atoms with van der Waals surface area (Å²) in [5, 5.41) is 0. The molecule has 0 aliphatic heterocycles. The van der Waals surface area contributed by atoms with Crippen LogP contribution in [0.2, 0.25) is 0 Å². The summed E-state index contributed by atoms with van der Waals surface area (Å²) in [7, 11) is 0. The van der Waals surface area contributed by atoms with Gasteiger partial charge in [0.25, 0.3) is 0 Å². The summed E-state index contributed by atoms with van der Waals surface area (Å²) in [5.41, 5.74) is 2.26. The first-order chi connectivity index (χ1) is 6.15. The zero-order chi connectivity index (χ0) is 9.47. The molecule has 1 unspecified atom stereocenters. The summed E-state index contributed by atoms with van der Waals surface area (Å²) < 4.78 is 8.13. The van der Waals surface area contributed by atoms with Crippen molar-refractivity contribution >= 4 is 39.5 Å². The van der Waals surface area contributed by atoms with Crippen LogP contribution in [0.3, 0.4) is 0 Å². The van der Waals surface area contributed by atoms with E-state index in [0.717, 1.165) is 35.8 Å². The van der Waals surface area contributed by atoms with E-state index in [9.17, 15) is 4.79 Å². The van der Waals surface area contributed by atoms with E-state index in [-0.39, 0.29) is 4.32 Å².